The van der Waals surface area contributed by atoms with Crippen molar-refractivity contribution >= 4 is 27.6 Å². The van der Waals surface area contributed by atoms with Gasteiger partial charge in [0.2, 0.25) is 11.8 Å². The summed E-state index contributed by atoms with van der Waals surface area (Å²) < 4.78 is 127. The summed E-state index contributed by atoms with van der Waals surface area (Å²) in [4.78, 5) is 38.9. The number of benzene rings is 2. The second-order valence-electron chi connectivity index (χ2n) is 12.4. The number of carbonyl (C=O) groups excluding carboxylic acids is 3. The van der Waals surface area contributed by atoms with E-state index in [-0.39, 0.29) is 42.7 Å². The van der Waals surface area contributed by atoms with Crippen LogP contribution in [0.25, 0.3) is 0 Å². The first-order chi connectivity index (χ1) is 22.2. The second kappa shape index (κ2) is 14.0. The number of hydrogen-bond acceptors (Lipinski definition) is 7. The molecule has 2 aromatic rings. The van der Waals surface area contributed by atoms with E-state index in [1.54, 1.807) is 0 Å². The van der Waals surface area contributed by atoms with Gasteiger partial charge in [-0.3, -0.25) is 9.59 Å². The van der Waals surface area contributed by atoms with Gasteiger partial charge in [0.25, 0.3) is 0 Å². The number of nitrogens with zero attached hydrogens (tertiary/aromatic N) is 1. The number of ether oxygens (including phenoxy) is 1. The Morgan fingerprint density at radius 1 is 1.02 bits per heavy atom. The molecule has 2 amide bonds. The summed E-state index contributed by atoms with van der Waals surface area (Å²) in [6.07, 6.45) is -10.5. The molecule has 0 radical (unpaired) electrons. The molecule has 0 bridgehead atoms. The highest BCUT2D eigenvalue weighted by Crippen LogP contribution is 2.47. The summed E-state index contributed by atoms with van der Waals surface area (Å²) >= 11 is 0. The fourth-order valence-corrected chi connectivity index (χ4v) is 8.12. The molecule has 48 heavy (non-hydrogen) atoms. The quantitative estimate of drug-likeness (QED) is 0.154. The fourth-order valence-electron chi connectivity index (χ4n) is 6.46. The van der Waals surface area contributed by atoms with Gasteiger partial charge in [-0.15, -0.1) is 0 Å². The molecule has 2 fully saturated rings. The molecule has 1 saturated heterocycles. The van der Waals surface area contributed by atoms with Crippen LogP contribution in [0, 0.1) is 17.7 Å². The average molecular weight is 710 g/mol. The van der Waals surface area contributed by atoms with Gasteiger partial charge < -0.3 is 20.7 Å². The molecule has 1 heterocycles. The highest BCUT2D eigenvalue weighted by Gasteiger charge is 2.50. The van der Waals surface area contributed by atoms with Crippen molar-refractivity contribution in [1.82, 2.24) is 10.2 Å². The number of primary amides is 1. The maximum Gasteiger partial charge on any atom is 0.491 e. The summed E-state index contributed by atoms with van der Waals surface area (Å²) in [5.74, 6) is -10.2. The van der Waals surface area contributed by atoms with Gasteiger partial charge in [0, 0.05) is 24.2 Å². The van der Waals surface area contributed by atoms with E-state index in [2.05, 4.69) is 10.1 Å². The lowest BCUT2D eigenvalue weighted by atomic mass is 9.81. The Balaban J connectivity index is 1.73. The van der Waals surface area contributed by atoms with Gasteiger partial charge in [-0.25, -0.2) is 17.6 Å². The molecule has 3 N–H and O–H groups in total. The largest absolute Gasteiger partial charge is 0.491 e. The number of halogens is 7. The number of nitrogens with two attached hydrogens (primary N) is 1. The molecule has 2 aromatic carbocycles. The zero-order chi connectivity index (χ0) is 35.8. The van der Waals surface area contributed by atoms with Gasteiger partial charge in [0.15, 0.2) is 9.84 Å². The van der Waals surface area contributed by atoms with Crippen LogP contribution in [0.5, 0.6) is 5.75 Å². The number of hydrogen-bond donors (Lipinski definition) is 2. The summed E-state index contributed by atoms with van der Waals surface area (Å²) in [6, 6.07) is 4.27. The predicted octanol–water partition coefficient (Wildman–Crippen LogP) is 4.98. The summed E-state index contributed by atoms with van der Waals surface area (Å²) in [5, 5.41) is 3.37. The van der Waals surface area contributed by atoms with Crippen LogP contribution in [0.3, 0.4) is 0 Å². The van der Waals surface area contributed by atoms with E-state index in [1.807, 2.05) is 13.8 Å². The van der Waals surface area contributed by atoms with Crippen molar-refractivity contribution in [1.29, 1.82) is 0 Å². The zero-order valence-corrected chi connectivity index (χ0v) is 26.6. The first-order valence-corrected chi connectivity index (χ1v) is 16.7. The van der Waals surface area contributed by atoms with Crippen molar-refractivity contribution in [2.75, 3.05) is 18.8 Å². The van der Waals surface area contributed by atoms with Crippen LogP contribution in [-0.2, 0) is 25.6 Å². The number of nitrogens with one attached hydrogen (secondary N) is 1. The molecule has 1 saturated carbocycles. The van der Waals surface area contributed by atoms with Gasteiger partial charge >= 0.3 is 18.3 Å². The van der Waals surface area contributed by atoms with Gasteiger partial charge in [-0.05, 0) is 86.0 Å². The van der Waals surface area contributed by atoms with E-state index in [0.717, 1.165) is 24.3 Å². The van der Waals surface area contributed by atoms with Crippen LogP contribution < -0.4 is 15.8 Å². The number of amides is 2. The van der Waals surface area contributed by atoms with E-state index in [1.165, 1.54) is 4.90 Å². The van der Waals surface area contributed by atoms with Crippen molar-refractivity contribution in [3.8, 4) is 5.75 Å². The van der Waals surface area contributed by atoms with Crippen LogP contribution in [0.2, 0.25) is 0 Å². The molecule has 0 unspecified atom stereocenters. The van der Waals surface area contributed by atoms with Crippen molar-refractivity contribution in [3.05, 3.63) is 58.9 Å². The van der Waals surface area contributed by atoms with Crippen LogP contribution >= 0.6 is 0 Å². The third-order valence-corrected chi connectivity index (χ3v) is 10.4. The minimum absolute atomic E-state index is 0.149. The second-order valence-corrected chi connectivity index (χ2v) is 14.4. The van der Waals surface area contributed by atoms with Gasteiger partial charge in [-0.2, -0.15) is 26.3 Å². The minimum Gasteiger partial charge on any atom is -0.419 e. The van der Waals surface area contributed by atoms with Crippen LogP contribution in [0.1, 0.15) is 66.9 Å². The van der Waals surface area contributed by atoms with E-state index in [4.69, 9.17) is 5.73 Å². The maximum atomic E-state index is 14.5. The third kappa shape index (κ3) is 8.28. The van der Waals surface area contributed by atoms with Gasteiger partial charge in [0.1, 0.15) is 17.1 Å². The molecule has 0 spiro atoms. The number of esters is 1. The normalized spacial score (nSPS) is 22.3. The van der Waals surface area contributed by atoms with Gasteiger partial charge in [0.05, 0.1) is 16.6 Å². The number of sulfone groups is 1. The standard InChI is InChI=1S/C31H34F7N3O6S/c1-16(2)14-40-19-5-9-23(17(13-19)15-48(45,46)20-6-3-18(32)4-7-20)41-12-11-22(28(41)43)25-21(27(39)42)8-10-24(26(25)30(33,34)35)47-29(44)31(36,37)38/h3-4,6-8,10,16-17,19,22-23,40H,5,9,11-15H2,1-2H3,(H2,39,42)/t17-,19+,22-,23-/m0/s1. The van der Waals surface area contributed by atoms with Crippen molar-refractivity contribution < 1.29 is 58.3 Å². The number of alkyl halides is 6. The van der Waals surface area contributed by atoms with Gasteiger partial charge in [-0.1, -0.05) is 13.8 Å². The number of rotatable bonds is 10. The lowest BCUT2D eigenvalue weighted by Gasteiger charge is -2.41. The molecule has 4 rings (SSSR count). The summed E-state index contributed by atoms with van der Waals surface area (Å²) in [6.45, 7) is 4.40. The molecule has 1 aliphatic carbocycles. The van der Waals surface area contributed by atoms with Crippen molar-refractivity contribution in [2.24, 2.45) is 17.6 Å². The Morgan fingerprint density at radius 3 is 2.23 bits per heavy atom. The molecule has 0 aromatic heterocycles. The lowest BCUT2D eigenvalue weighted by Crippen LogP contribution is -2.51. The monoisotopic (exact) mass is 709 g/mol. The molecule has 4 atom stereocenters. The summed E-state index contributed by atoms with van der Waals surface area (Å²) in [7, 11) is -4.03. The SMILES string of the molecule is CC(C)CN[C@@H]1CC[C@H](N2CC[C@@H](c3c(C(N)=O)ccc(OC(=O)C(F)(F)F)c3C(F)(F)F)C2=O)[C@H](CS(=O)(=O)c2ccc(F)cc2)C1. The molecule has 9 nitrogen and oxygen atoms in total. The van der Waals surface area contributed by atoms with Crippen molar-refractivity contribution in [3.63, 3.8) is 0 Å². The Bertz CT molecular complexity index is 1650. The molecule has 264 valence electrons. The van der Waals surface area contributed by atoms with E-state index >= 15 is 0 Å². The van der Waals surface area contributed by atoms with E-state index in [9.17, 15) is 53.5 Å². The molecule has 2 aliphatic rings. The van der Waals surface area contributed by atoms with Crippen LogP contribution in [0.15, 0.2) is 41.3 Å². The topological polar surface area (TPSA) is 136 Å². The molecule has 17 heteroatoms. The molecular formula is C31H34F7N3O6S. The van der Waals surface area contributed by atoms with Crippen molar-refractivity contribution in [2.45, 2.75) is 74.8 Å². The minimum atomic E-state index is -5.66. The highest BCUT2D eigenvalue weighted by molar-refractivity contribution is 7.91. The highest BCUT2D eigenvalue weighted by atomic mass is 32.2. The van der Waals surface area contributed by atoms with Crippen LogP contribution in [0.4, 0.5) is 30.7 Å². The number of carbonyl (C=O) groups is 3. The van der Waals surface area contributed by atoms with E-state index < -0.39 is 91.9 Å². The smallest absolute Gasteiger partial charge is 0.419 e. The van der Waals surface area contributed by atoms with E-state index in [0.29, 0.717) is 25.1 Å². The average Bonchev–Trinajstić information content (AvgIpc) is 3.35. The Morgan fingerprint density at radius 2 is 1.67 bits per heavy atom. The molecule has 1 aliphatic heterocycles. The Hall–Kier alpha value is -3.73. The first kappa shape index (κ1) is 37.1. The van der Waals surface area contributed by atoms with Crippen LogP contribution in [-0.4, -0.2) is 68.2 Å². The third-order valence-electron chi connectivity index (χ3n) is 8.54. The zero-order valence-electron chi connectivity index (χ0n) is 25.8. The first-order valence-electron chi connectivity index (χ1n) is 15.1. The number of likely N-dealkylation sites (tertiary alicyclic amines) is 1. The predicted molar refractivity (Wildman–Crippen MR) is 157 cm³/mol. The lowest BCUT2D eigenvalue weighted by molar-refractivity contribution is -0.190. The summed E-state index contributed by atoms with van der Waals surface area (Å²) in [5.41, 5.74) is 1.59. The molecular weight excluding hydrogens is 675 g/mol. The maximum absolute atomic E-state index is 14.5. The Kier molecular flexibility index (Phi) is 10.8. The fraction of sp³-hybridized carbons (Fsp3) is 0.516. The Labute approximate surface area is 271 Å².